The van der Waals surface area contributed by atoms with Gasteiger partial charge in [-0.1, -0.05) is 19.1 Å². The van der Waals surface area contributed by atoms with E-state index in [-0.39, 0.29) is 11.5 Å². The van der Waals surface area contributed by atoms with E-state index in [1.165, 1.54) is 0 Å². The van der Waals surface area contributed by atoms with Gasteiger partial charge in [-0.05, 0) is 49.9 Å². The number of hydrogen-bond acceptors (Lipinski definition) is 5. The molecule has 158 valence electrons. The third-order valence-corrected chi connectivity index (χ3v) is 5.59. The van der Waals surface area contributed by atoms with E-state index in [4.69, 9.17) is 0 Å². The fraction of sp³-hybridized carbons (Fsp3) is 0.409. The maximum absolute atomic E-state index is 13.4. The fourth-order valence-corrected chi connectivity index (χ4v) is 3.40. The van der Waals surface area contributed by atoms with E-state index in [0.717, 1.165) is 34.6 Å². The fourth-order valence-electron chi connectivity index (χ4n) is 3.40. The molecule has 0 bridgehead atoms. The van der Waals surface area contributed by atoms with E-state index in [0.29, 0.717) is 30.6 Å². The highest BCUT2D eigenvalue weighted by Gasteiger charge is 2.20. The van der Waals surface area contributed by atoms with Gasteiger partial charge in [-0.2, -0.15) is 5.10 Å². The average molecular weight is 409 g/mol. The van der Waals surface area contributed by atoms with Crippen molar-refractivity contribution >= 4 is 5.91 Å². The standard InChI is InChI=1S/C22H28N6O2/c1-6-17-9-8-16(11-19-14(3)15(4)21(29)26-24-19)10-18(17)22(30)28(7-2)12-20-25-23-13-27(20)5/h8-10,13H,6-7,11-12H2,1-5H3,(H,26,29). The quantitative estimate of drug-likeness (QED) is 0.647. The van der Waals surface area contributed by atoms with Gasteiger partial charge >= 0.3 is 0 Å². The number of aromatic nitrogens is 5. The van der Waals surface area contributed by atoms with Crippen molar-refractivity contribution in [1.82, 2.24) is 29.9 Å². The number of aryl methyl sites for hydroxylation is 2. The molecule has 0 aliphatic carbocycles. The highest BCUT2D eigenvalue weighted by Crippen LogP contribution is 2.19. The normalized spacial score (nSPS) is 11.0. The van der Waals surface area contributed by atoms with Crippen LogP contribution in [-0.2, 0) is 26.4 Å². The van der Waals surface area contributed by atoms with Crippen LogP contribution < -0.4 is 5.56 Å². The SMILES string of the molecule is CCc1ccc(Cc2n[nH]c(=O)c(C)c2C)cc1C(=O)N(CC)Cc1nncn1C. The van der Waals surface area contributed by atoms with Gasteiger partial charge in [0.2, 0.25) is 0 Å². The van der Waals surface area contributed by atoms with Gasteiger partial charge in [0.1, 0.15) is 6.33 Å². The van der Waals surface area contributed by atoms with Crippen molar-refractivity contribution in [2.75, 3.05) is 6.54 Å². The second kappa shape index (κ2) is 9.02. The van der Waals surface area contributed by atoms with Gasteiger partial charge in [0.05, 0.1) is 12.2 Å². The molecule has 1 N–H and O–H groups in total. The number of amides is 1. The predicted molar refractivity (Wildman–Crippen MR) is 114 cm³/mol. The van der Waals surface area contributed by atoms with Crippen LogP contribution in [0.25, 0.3) is 0 Å². The van der Waals surface area contributed by atoms with Crippen molar-refractivity contribution in [1.29, 1.82) is 0 Å². The molecule has 3 rings (SSSR count). The van der Waals surface area contributed by atoms with Crippen LogP contribution in [0.2, 0.25) is 0 Å². The van der Waals surface area contributed by atoms with Crippen LogP contribution in [0.3, 0.4) is 0 Å². The molecular weight excluding hydrogens is 380 g/mol. The first-order chi connectivity index (χ1) is 14.3. The zero-order valence-electron chi connectivity index (χ0n) is 18.2. The Morgan fingerprint density at radius 1 is 1.20 bits per heavy atom. The van der Waals surface area contributed by atoms with Crippen molar-refractivity contribution in [2.24, 2.45) is 7.05 Å². The Morgan fingerprint density at radius 2 is 1.97 bits per heavy atom. The predicted octanol–water partition coefficient (Wildman–Crippen LogP) is 2.33. The Bertz CT molecular complexity index is 1120. The van der Waals surface area contributed by atoms with Crippen LogP contribution in [0.4, 0.5) is 0 Å². The topological polar surface area (TPSA) is 96.8 Å². The molecule has 0 saturated carbocycles. The van der Waals surface area contributed by atoms with Crippen molar-refractivity contribution < 1.29 is 4.79 Å². The Hall–Kier alpha value is -3.29. The lowest BCUT2D eigenvalue weighted by atomic mass is 9.97. The molecule has 0 saturated heterocycles. The van der Waals surface area contributed by atoms with E-state index in [1.54, 1.807) is 18.2 Å². The van der Waals surface area contributed by atoms with Crippen LogP contribution in [0, 0.1) is 13.8 Å². The summed E-state index contributed by atoms with van der Waals surface area (Å²) in [6, 6.07) is 5.98. The zero-order valence-corrected chi connectivity index (χ0v) is 18.2. The molecule has 8 heteroatoms. The van der Waals surface area contributed by atoms with E-state index in [2.05, 4.69) is 20.4 Å². The molecular formula is C22H28N6O2. The van der Waals surface area contributed by atoms with Gasteiger partial charge in [0.15, 0.2) is 5.82 Å². The first kappa shape index (κ1) is 21.4. The second-order valence-corrected chi connectivity index (χ2v) is 7.45. The molecule has 0 fully saturated rings. The van der Waals surface area contributed by atoms with Crippen LogP contribution in [-0.4, -0.2) is 42.3 Å². The van der Waals surface area contributed by atoms with Crippen molar-refractivity contribution in [2.45, 2.75) is 47.1 Å². The Balaban J connectivity index is 1.92. The summed E-state index contributed by atoms with van der Waals surface area (Å²) in [5.74, 6) is 0.712. The summed E-state index contributed by atoms with van der Waals surface area (Å²) in [4.78, 5) is 26.9. The van der Waals surface area contributed by atoms with Crippen LogP contribution >= 0.6 is 0 Å². The molecule has 0 aliphatic heterocycles. The maximum Gasteiger partial charge on any atom is 0.267 e. The molecule has 30 heavy (non-hydrogen) atoms. The smallest absolute Gasteiger partial charge is 0.267 e. The van der Waals surface area contributed by atoms with E-state index in [1.807, 2.05) is 50.6 Å². The minimum atomic E-state index is -0.171. The van der Waals surface area contributed by atoms with Gasteiger partial charge in [0, 0.05) is 31.1 Å². The van der Waals surface area contributed by atoms with E-state index in [9.17, 15) is 9.59 Å². The van der Waals surface area contributed by atoms with E-state index >= 15 is 0 Å². The minimum absolute atomic E-state index is 0.0264. The summed E-state index contributed by atoms with van der Waals surface area (Å²) in [6.45, 7) is 8.67. The summed E-state index contributed by atoms with van der Waals surface area (Å²) >= 11 is 0. The van der Waals surface area contributed by atoms with Gasteiger partial charge in [-0.15, -0.1) is 10.2 Å². The number of carbonyl (C=O) groups excluding carboxylic acids is 1. The van der Waals surface area contributed by atoms with Gasteiger partial charge in [-0.25, -0.2) is 5.10 Å². The summed E-state index contributed by atoms with van der Waals surface area (Å²) in [5.41, 5.74) is 4.86. The highest BCUT2D eigenvalue weighted by molar-refractivity contribution is 5.96. The minimum Gasteiger partial charge on any atom is -0.331 e. The number of carbonyl (C=O) groups is 1. The number of rotatable bonds is 7. The molecule has 2 heterocycles. The highest BCUT2D eigenvalue weighted by atomic mass is 16.2. The van der Waals surface area contributed by atoms with Crippen molar-refractivity contribution in [3.05, 3.63) is 74.2 Å². The molecule has 1 aromatic carbocycles. The summed E-state index contributed by atoms with van der Waals surface area (Å²) in [6.07, 6.45) is 2.94. The summed E-state index contributed by atoms with van der Waals surface area (Å²) in [5, 5.41) is 14.8. The molecule has 0 unspecified atom stereocenters. The first-order valence-corrected chi connectivity index (χ1v) is 10.1. The number of benzene rings is 1. The number of H-pyrrole nitrogens is 1. The Morgan fingerprint density at radius 3 is 2.60 bits per heavy atom. The Kier molecular flexibility index (Phi) is 6.44. The van der Waals surface area contributed by atoms with Crippen molar-refractivity contribution in [3.8, 4) is 0 Å². The Labute approximate surface area is 176 Å². The van der Waals surface area contributed by atoms with Crippen LogP contribution in [0.15, 0.2) is 29.3 Å². The lowest BCUT2D eigenvalue weighted by Gasteiger charge is -2.22. The lowest BCUT2D eigenvalue weighted by Crippen LogP contribution is -2.32. The van der Waals surface area contributed by atoms with Crippen LogP contribution in [0.5, 0.6) is 0 Å². The average Bonchev–Trinajstić information content (AvgIpc) is 3.16. The molecule has 0 atom stereocenters. The number of nitrogens with one attached hydrogen (secondary N) is 1. The third kappa shape index (κ3) is 4.32. The second-order valence-electron chi connectivity index (χ2n) is 7.45. The van der Waals surface area contributed by atoms with Crippen LogP contribution in [0.1, 0.15) is 58.0 Å². The zero-order chi connectivity index (χ0) is 21.8. The van der Waals surface area contributed by atoms with Crippen molar-refractivity contribution in [3.63, 3.8) is 0 Å². The molecule has 3 aromatic rings. The lowest BCUT2D eigenvalue weighted by molar-refractivity contribution is 0.0746. The largest absolute Gasteiger partial charge is 0.331 e. The van der Waals surface area contributed by atoms with E-state index < -0.39 is 0 Å². The summed E-state index contributed by atoms with van der Waals surface area (Å²) in [7, 11) is 1.87. The molecule has 0 radical (unpaired) electrons. The summed E-state index contributed by atoms with van der Waals surface area (Å²) < 4.78 is 1.82. The molecule has 0 spiro atoms. The number of nitrogens with zero attached hydrogens (tertiary/aromatic N) is 5. The number of hydrogen-bond donors (Lipinski definition) is 1. The molecule has 0 aliphatic rings. The third-order valence-electron chi connectivity index (χ3n) is 5.59. The maximum atomic E-state index is 13.4. The van der Waals surface area contributed by atoms with Gasteiger partial charge in [0.25, 0.3) is 11.5 Å². The molecule has 2 aromatic heterocycles. The molecule has 8 nitrogen and oxygen atoms in total. The number of aromatic amines is 1. The first-order valence-electron chi connectivity index (χ1n) is 10.1. The van der Waals surface area contributed by atoms with Gasteiger partial charge < -0.3 is 9.47 Å². The monoisotopic (exact) mass is 408 g/mol. The van der Waals surface area contributed by atoms with Gasteiger partial charge in [-0.3, -0.25) is 9.59 Å². The molecule has 1 amide bonds.